The molecule has 2 aliphatic rings. The second kappa shape index (κ2) is 10.4. The molecule has 4 rings (SSSR count). The minimum absolute atomic E-state index is 0.0371. The van der Waals surface area contributed by atoms with Gasteiger partial charge in [0.25, 0.3) is 5.56 Å². The van der Waals surface area contributed by atoms with Crippen molar-refractivity contribution in [2.24, 2.45) is 0 Å². The summed E-state index contributed by atoms with van der Waals surface area (Å²) in [7, 11) is 1.57. The first-order chi connectivity index (χ1) is 16.7. The molecular formula is C22H33N9O4. The molecule has 35 heavy (non-hydrogen) atoms. The number of hydrogen-bond acceptors (Lipinski definition) is 11. The number of hydrogen-bond donors (Lipinski definition) is 3. The highest BCUT2D eigenvalue weighted by atomic mass is 16.6. The van der Waals surface area contributed by atoms with Gasteiger partial charge in [-0.05, 0) is 33.6 Å². The van der Waals surface area contributed by atoms with E-state index >= 15 is 0 Å². The highest BCUT2D eigenvalue weighted by Crippen LogP contribution is 2.20. The number of H-pyrrole nitrogens is 1. The Morgan fingerprint density at radius 2 is 1.89 bits per heavy atom. The molecule has 2 aromatic heterocycles. The van der Waals surface area contributed by atoms with E-state index in [1.165, 1.54) is 12.4 Å². The van der Waals surface area contributed by atoms with Crippen molar-refractivity contribution in [2.45, 2.75) is 57.9 Å². The van der Waals surface area contributed by atoms with E-state index in [1.807, 2.05) is 30.6 Å². The van der Waals surface area contributed by atoms with E-state index in [1.54, 1.807) is 7.11 Å². The summed E-state index contributed by atoms with van der Waals surface area (Å²) in [5.74, 6) is 1.58. The summed E-state index contributed by atoms with van der Waals surface area (Å²) in [6, 6.07) is 1.49. The van der Waals surface area contributed by atoms with Crippen molar-refractivity contribution < 1.29 is 14.3 Å². The summed E-state index contributed by atoms with van der Waals surface area (Å²) in [5.41, 5.74) is -0.147. The second-order valence-corrected chi connectivity index (χ2v) is 9.76. The van der Waals surface area contributed by atoms with Gasteiger partial charge in [0.15, 0.2) is 0 Å². The maximum atomic E-state index is 12.1. The maximum absolute atomic E-state index is 12.1. The van der Waals surface area contributed by atoms with Crippen LogP contribution >= 0.6 is 0 Å². The molecule has 2 aromatic rings. The Bertz CT molecular complexity index is 1090. The Labute approximate surface area is 203 Å². The van der Waals surface area contributed by atoms with Crippen LogP contribution in [-0.4, -0.2) is 82.0 Å². The average molecular weight is 488 g/mol. The summed E-state index contributed by atoms with van der Waals surface area (Å²) in [5, 5.41) is 6.27. The van der Waals surface area contributed by atoms with Crippen molar-refractivity contribution in [2.75, 3.05) is 48.4 Å². The van der Waals surface area contributed by atoms with Crippen molar-refractivity contribution >= 4 is 23.9 Å². The minimum atomic E-state index is -0.537. The molecule has 0 aromatic carbocycles. The van der Waals surface area contributed by atoms with Crippen molar-refractivity contribution in [1.82, 2.24) is 30.2 Å². The SMILES string of the molecule is COCc1cc(=O)[nH]c(N2CCC(Nc3ncnc(N4CCC(NC(=O)OC(C)(C)C)C4)n3)C2)n1. The average Bonchev–Trinajstić information content (AvgIpc) is 3.42. The molecule has 2 aliphatic heterocycles. The monoisotopic (exact) mass is 487 g/mol. The molecule has 0 bridgehead atoms. The number of alkyl carbamates (subject to hydrolysis) is 1. The number of aromatic nitrogens is 5. The molecule has 2 saturated heterocycles. The molecule has 2 fully saturated rings. The van der Waals surface area contributed by atoms with Gasteiger partial charge in [0.05, 0.1) is 18.3 Å². The van der Waals surface area contributed by atoms with Crippen LogP contribution in [0.5, 0.6) is 0 Å². The standard InChI is InChI=1S/C22H33N9O4/c1-22(2,3)35-21(33)27-15-6-7-30(11-15)19-24-13-23-18(29-19)25-14-5-8-31(10-14)20-26-16(12-34-4)9-17(32)28-20/h9,13-15H,5-8,10-12H2,1-4H3,(H,27,33)(H,26,28,32)(H,23,24,25,29). The van der Waals surface area contributed by atoms with Crippen molar-refractivity contribution in [3.63, 3.8) is 0 Å². The van der Waals surface area contributed by atoms with E-state index in [4.69, 9.17) is 9.47 Å². The third-order valence-corrected chi connectivity index (χ3v) is 5.65. The summed E-state index contributed by atoms with van der Waals surface area (Å²) in [6.07, 6.45) is 2.68. The second-order valence-electron chi connectivity index (χ2n) is 9.76. The number of carbonyl (C=O) groups is 1. The van der Waals surface area contributed by atoms with Gasteiger partial charge in [-0.1, -0.05) is 0 Å². The topological polar surface area (TPSA) is 150 Å². The largest absolute Gasteiger partial charge is 0.444 e. The lowest BCUT2D eigenvalue weighted by Gasteiger charge is -2.22. The van der Waals surface area contributed by atoms with E-state index < -0.39 is 11.7 Å². The first kappa shape index (κ1) is 24.6. The molecule has 2 unspecified atom stereocenters. The van der Waals surface area contributed by atoms with Gasteiger partial charge in [0.1, 0.15) is 11.9 Å². The van der Waals surface area contributed by atoms with Crippen LogP contribution in [0.3, 0.4) is 0 Å². The minimum Gasteiger partial charge on any atom is -0.444 e. The van der Waals surface area contributed by atoms with Crippen LogP contribution in [-0.2, 0) is 16.1 Å². The van der Waals surface area contributed by atoms with Gasteiger partial charge in [-0.2, -0.15) is 4.98 Å². The van der Waals surface area contributed by atoms with Gasteiger partial charge in [-0.3, -0.25) is 9.78 Å². The van der Waals surface area contributed by atoms with Crippen LogP contribution in [0.2, 0.25) is 0 Å². The van der Waals surface area contributed by atoms with Gasteiger partial charge in [0.2, 0.25) is 17.8 Å². The summed E-state index contributed by atoms with van der Waals surface area (Å²) < 4.78 is 10.4. The molecule has 3 N–H and O–H groups in total. The van der Waals surface area contributed by atoms with Gasteiger partial charge >= 0.3 is 6.09 Å². The number of amides is 1. The van der Waals surface area contributed by atoms with Crippen LogP contribution in [0, 0.1) is 0 Å². The van der Waals surface area contributed by atoms with E-state index in [-0.39, 0.29) is 24.2 Å². The van der Waals surface area contributed by atoms with Crippen molar-refractivity contribution in [1.29, 1.82) is 0 Å². The molecule has 0 spiro atoms. The van der Waals surface area contributed by atoms with Crippen LogP contribution in [0.4, 0.5) is 22.6 Å². The van der Waals surface area contributed by atoms with Crippen LogP contribution in [0.1, 0.15) is 39.3 Å². The molecule has 4 heterocycles. The lowest BCUT2D eigenvalue weighted by molar-refractivity contribution is 0.0509. The lowest BCUT2D eigenvalue weighted by atomic mass is 10.2. The van der Waals surface area contributed by atoms with Crippen LogP contribution in [0.25, 0.3) is 0 Å². The summed E-state index contributed by atoms with van der Waals surface area (Å²) >= 11 is 0. The molecule has 1 amide bonds. The molecular weight excluding hydrogens is 454 g/mol. The third kappa shape index (κ3) is 6.78. The summed E-state index contributed by atoms with van der Waals surface area (Å²) in [4.78, 5) is 48.5. The number of carbonyl (C=O) groups excluding carboxylic acids is 1. The van der Waals surface area contributed by atoms with E-state index in [0.29, 0.717) is 36.6 Å². The quantitative estimate of drug-likeness (QED) is 0.511. The Balaban J connectivity index is 1.32. The highest BCUT2D eigenvalue weighted by Gasteiger charge is 2.29. The zero-order chi connectivity index (χ0) is 25.0. The van der Waals surface area contributed by atoms with E-state index in [0.717, 1.165) is 25.9 Å². The van der Waals surface area contributed by atoms with E-state index in [9.17, 15) is 9.59 Å². The molecule has 13 nitrogen and oxygen atoms in total. The lowest BCUT2D eigenvalue weighted by Crippen LogP contribution is -2.40. The summed E-state index contributed by atoms with van der Waals surface area (Å²) in [6.45, 7) is 8.49. The van der Waals surface area contributed by atoms with Crippen LogP contribution in [0.15, 0.2) is 17.2 Å². The molecule has 13 heteroatoms. The number of nitrogens with zero attached hydrogens (tertiary/aromatic N) is 6. The molecule has 0 saturated carbocycles. The number of anilines is 3. The molecule has 0 radical (unpaired) electrons. The Morgan fingerprint density at radius 3 is 2.66 bits per heavy atom. The third-order valence-electron chi connectivity index (χ3n) is 5.65. The zero-order valence-electron chi connectivity index (χ0n) is 20.6. The molecule has 0 aliphatic carbocycles. The predicted octanol–water partition coefficient (Wildman–Crippen LogP) is 0.896. The molecule has 190 valence electrons. The van der Waals surface area contributed by atoms with Gasteiger partial charge in [-0.25, -0.2) is 19.7 Å². The van der Waals surface area contributed by atoms with Crippen molar-refractivity contribution in [3.8, 4) is 0 Å². The fourth-order valence-electron chi connectivity index (χ4n) is 4.16. The number of rotatable bonds is 7. The Kier molecular flexibility index (Phi) is 7.34. The van der Waals surface area contributed by atoms with Crippen LogP contribution < -0.4 is 26.0 Å². The first-order valence-corrected chi connectivity index (χ1v) is 11.7. The highest BCUT2D eigenvalue weighted by molar-refractivity contribution is 5.68. The number of nitrogens with one attached hydrogen (secondary N) is 3. The number of aromatic amines is 1. The Hall–Kier alpha value is -3.48. The fraction of sp³-hybridized carbons (Fsp3) is 0.636. The first-order valence-electron chi connectivity index (χ1n) is 11.7. The Morgan fingerprint density at radius 1 is 1.14 bits per heavy atom. The van der Waals surface area contributed by atoms with Gasteiger partial charge in [0, 0.05) is 45.4 Å². The maximum Gasteiger partial charge on any atom is 0.407 e. The van der Waals surface area contributed by atoms with E-state index in [2.05, 4.69) is 35.6 Å². The smallest absolute Gasteiger partial charge is 0.407 e. The normalized spacial score (nSPS) is 20.2. The van der Waals surface area contributed by atoms with Gasteiger partial charge in [-0.15, -0.1) is 0 Å². The zero-order valence-corrected chi connectivity index (χ0v) is 20.6. The number of ether oxygens (including phenoxy) is 2. The molecule has 2 atom stereocenters. The number of methoxy groups -OCH3 is 1. The predicted molar refractivity (Wildman–Crippen MR) is 130 cm³/mol. The van der Waals surface area contributed by atoms with Gasteiger partial charge < -0.3 is 29.9 Å². The fourth-order valence-corrected chi connectivity index (χ4v) is 4.16. The van der Waals surface area contributed by atoms with Crippen molar-refractivity contribution in [3.05, 3.63) is 28.4 Å².